The van der Waals surface area contributed by atoms with Crippen LogP contribution in [0.4, 0.5) is 5.69 Å². The summed E-state index contributed by atoms with van der Waals surface area (Å²) in [5, 5.41) is 18.9. The van der Waals surface area contributed by atoms with Crippen LogP contribution in [-0.2, 0) is 4.79 Å². The average Bonchev–Trinajstić information content (AvgIpc) is 3.31. The number of para-hydroxylation sites is 1. The van der Waals surface area contributed by atoms with E-state index in [0.717, 1.165) is 5.69 Å². The summed E-state index contributed by atoms with van der Waals surface area (Å²) in [6, 6.07) is 21.7. The first-order valence-corrected chi connectivity index (χ1v) is 10.2. The number of benzene rings is 2. The van der Waals surface area contributed by atoms with Gasteiger partial charge < -0.3 is 19.3 Å². The maximum Gasteiger partial charge on any atom is 0.336 e. The maximum absolute atomic E-state index is 12.9. The molecule has 1 aromatic heterocycles. The van der Waals surface area contributed by atoms with Crippen LogP contribution in [0.5, 0.6) is 0 Å². The highest BCUT2D eigenvalue weighted by Gasteiger charge is 2.24. The highest BCUT2D eigenvalue weighted by molar-refractivity contribution is 6.01. The number of carbonyl (C=O) groups excluding carboxylic acids is 1. The largest absolute Gasteiger partial charge is 0.478 e. The summed E-state index contributed by atoms with van der Waals surface area (Å²) in [7, 11) is 0. The van der Waals surface area contributed by atoms with Crippen LogP contribution in [-0.4, -0.2) is 48.1 Å². The standard InChI is InChI=1S/C25H21N3O4/c26-17-18(24(29)28-14-12-27(13-15-28)19-6-2-1-3-7-19)16-20-10-11-23(32-20)21-8-4-5-9-22(21)25(30)31/h1-11,16H,12-15H2,(H,30,31)/b18-16-. The quantitative estimate of drug-likeness (QED) is 0.490. The molecule has 0 spiro atoms. The molecule has 2 aromatic carbocycles. The Morgan fingerprint density at radius 1 is 0.938 bits per heavy atom. The SMILES string of the molecule is N#C/C(=C/c1ccc(-c2ccccc2C(=O)O)o1)C(=O)N1CCN(c2ccccc2)CC1. The number of nitrogens with zero attached hydrogens (tertiary/aromatic N) is 3. The summed E-state index contributed by atoms with van der Waals surface area (Å²) >= 11 is 0. The van der Waals surface area contributed by atoms with Crippen molar-refractivity contribution in [3.63, 3.8) is 0 Å². The molecule has 0 atom stereocenters. The number of carboxylic acids is 1. The Bertz CT molecular complexity index is 1200. The molecule has 7 heteroatoms. The highest BCUT2D eigenvalue weighted by atomic mass is 16.4. The Labute approximate surface area is 185 Å². The summed E-state index contributed by atoms with van der Waals surface area (Å²) < 4.78 is 5.74. The van der Waals surface area contributed by atoms with Gasteiger partial charge in [0, 0.05) is 43.5 Å². The number of amides is 1. The first-order valence-electron chi connectivity index (χ1n) is 10.2. The third-order valence-corrected chi connectivity index (χ3v) is 5.38. The van der Waals surface area contributed by atoms with Crippen LogP contribution >= 0.6 is 0 Å². The third-order valence-electron chi connectivity index (χ3n) is 5.38. The van der Waals surface area contributed by atoms with Crippen molar-refractivity contribution >= 4 is 23.6 Å². The molecule has 0 radical (unpaired) electrons. The van der Waals surface area contributed by atoms with Gasteiger partial charge in [0.15, 0.2) is 0 Å². The minimum absolute atomic E-state index is 0.0226. The molecule has 1 amide bonds. The van der Waals surface area contributed by atoms with Gasteiger partial charge in [-0.1, -0.05) is 36.4 Å². The number of piperazine rings is 1. The van der Waals surface area contributed by atoms with Crippen molar-refractivity contribution in [3.05, 3.63) is 83.6 Å². The average molecular weight is 427 g/mol. The molecule has 1 aliphatic heterocycles. The molecular weight excluding hydrogens is 406 g/mol. The first kappa shape index (κ1) is 20.9. The van der Waals surface area contributed by atoms with Crippen molar-refractivity contribution in [2.75, 3.05) is 31.1 Å². The normalized spacial score (nSPS) is 14.2. The van der Waals surface area contributed by atoms with Gasteiger partial charge in [0.25, 0.3) is 5.91 Å². The minimum Gasteiger partial charge on any atom is -0.478 e. The van der Waals surface area contributed by atoms with Crippen LogP contribution in [0, 0.1) is 11.3 Å². The van der Waals surface area contributed by atoms with Crippen molar-refractivity contribution < 1.29 is 19.1 Å². The van der Waals surface area contributed by atoms with Gasteiger partial charge in [0.1, 0.15) is 23.2 Å². The molecular formula is C25H21N3O4. The molecule has 2 heterocycles. The van der Waals surface area contributed by atoms with Crippen molar-refractivity contribution in [3.8, 4) is 17.4 Å². The molecule has 1 aliphatic rings. The van der Waals surface area contributed by atoms with Crippen molar-refractivity contribution in [2.24, 2.45) is 0 Å². The van der Waals surface area contributed by atoms with Gasteiger partial charge in [-0.2, -0.15) is 5.26 Å². The van der Waals surface area contributed by atoms with Crippen molar-refractivity contribution in [1.29, 1.82) is 5.26 Å². The zero-order valence-electron chi connectivity index (χ0n) is 17.3. The van der Waals surface area contributed by atoms with E-state index in [4.69, 9.17) is 4.42 Å². The molecule has 1 N–H and O–H groups in total. The number of rotatable bonds is 5. The van der Waals surface area contributed by atoms with Crippen LogP contribution in [0.2, 0.25) is 0 Å². The number of carboxylic acid groups (broad SMARTS) is 1. The predicted octanol–water partition coefficient (Wildman–Crippen LogP) is 3.90. The van der Waals surface area contributed by atoms with Crippen LogP contribution in [0.15, 0.2) is 76.7 Å². The molecule has 0 unspecified atom stereocenters. The summed E-state index contributed by atoms with van der Waals surface area (Å²) in [4.78, 5) is 28.2. The Kier molecular flexibility index (Phi) is 6.04. The van der Waals surface area contributed by atoms with Gasteiger partial charge in [-0.3, -0.25) is 4.79 Å². The first-order chi connectivity index (χ1) is 15.6. The van der Waals surface area contributed by atoms with E-state index in [9.17, 15) is 20.0 Å². The Balaban J connectivity index is 1.48. The second-order valence-corrected chi connectivity index (χ2v) is 7.34. The fourth-order valence-corrected chi connectivity index (χ4v) is 3.72. The van der Waals surface area contributed by atoms with Gasteiger partial charge in [0.05, 0.1) is 5.56 Å². The summed E-state index contributed by atoms with van der Waals surface area (Å²) in [5.41, 5.74) is 1.64. The molecule has 7 nitrogen and oxygen atoms in total. The van der Waals surface area contributed by atoms with E-state index >= 15 is 0 Å². The van der Waals surface area contributed by atoms with Gasteiger partial charge in [0.2, 0.25) is 0 Å². The lowest BCUT2D eigenvalue weighted by atomic mass is 10.1. The monoisotopic (exact) mass is 427 g/mol. The molecule has 0 bridgehead atoms. The fraction of sp³-hybridized carbons (Fsp3) is 0.160. The lowest BCUT2D eigenvalue weighted by molar-refractivity contribution is -0.126. The number of hydrogen-bond donors (Lipinski definition) is 1. The van der Waals surface area contributed by atoms with E-state index < -0.39 is 5.97 Å². The Morgan fingerprint density at radius 2 is 1.62 bits per heavy atom. The molecule has 4 rings (SSSR count). The lowest BCUT2D eigenvalue weighted by Crippen LogP contribution is -2.49. The Hall–Kier alpha value is -4.31. The summed E-state index contributed by atoms with van der Waals surface area (Å²) in [5.74, 6) is -0.732. The molecule has 0 saturated carbocycles. The van der Waals surface area contributed by atoms with Gasteiger partial charge in [-0.05, 0) is 30.3 Å². The van der Waals surface area contributed by atoms with Gasteiger partial charge in [-0.15, -0.1) is 0 Å². The van der Waals surface area contributed by atoms with Crippen LogP contribution in [0.3, 0.4) is 0 Å². The number of carbonyl (C=O) groups is 2. The summed E-state index contributed by atoms with van der Waals surface area (Å²) in [6.07, 6.45) is 1.40. The van der Waals surface area contributed by atoms with Gasteiger partial charge >= 0.3 is 5.97 Å². The fourth-order valence-electron chi connectivity index (χ4n) is 3.72. The van der Waals surface area contributed by atoms with Crippen LogP contribution < -0.4 is 4.90 Å². The van der Waals surface area contributed by atoms with Crippen LogP contribution in [0.1, 0.15) is 16.1 Å². The third kappa shape index (κ3) is 4.40. The van der Waals surface area contributed by atoms with Crippen LogP contribution in [0.25, 0.3) is 17.4 Å². The van der Waals surface area contributed by atoms with E-state index in [2.05, 4.69) is 4.90 Å². The Morgan fingerprint density at radius 3 is 2.31 bits per heavy atom. The number of furan rings is 1. The lowest BCUT2D eigenvalue weighted by Gasteiger charge is -2.36. The number of hydrogen-bond acceptors (Lipinski definition) is 5. The van der Waals surface area contributed by atoms with Crippen molar-refractivity contribution in [1.82, 2.24) is 4.90 Å². The molecule has 160 valence electrons. The minimum atomic E-state index is -1.06. The predicted molar refractivity (Wildman–Crippen MR) is 120 cm³/mol. The van der Waals surface area contributed by atoms with E-state index in [1.165, 1.54) is 12.1 Å². The molecule has 1 fully saturated rings. The zero-order valence-corrected chi connectivity index (χ0v) is 17.3. The van der Waals surface area contributed by atoms with E-state index in [1.807, 2.05) is 36.4 Å². The number of aromatic carboxylic acids is 1. The van der Waals surface area contributed by atoms with Gasteiger partial charge in [-0.25, -0.2) is 4.79 Å². The molecule has 32 heavy (non-hydrogen) atoms. The van der Waals surface area contributed by atoms with E-state index in [-0.39, 0.29) is 17.0 Å². The second-order valence-electron chi connectivity index (χ2n) is 7.34. The smallest absolute Gasteiger partial charge is 0.336 e. The maximum atomic E-state index is 12.9. The molecule has 3 aromatic rings. The summed E-state index contributed by atoms with van der Waals surface area (Å²) in [6.45, 7) is 2.40. The van der Waals surface area contributed by atoms with Crippen molar-refractivity contribution in [2.45, 2.75) is 0 Å². The molecule has 0 aliphatic carbocycles. The topological polar surface area (TPSA) is 97.8 Å². The van der Waals surface area contributed by atoms with E-state index in [1.54, 1.807) is 35.2 Å². The van der Waals surface area contributed by atoms with E-state index in [0.29, 0.717) is 43.3 Å². The second kappa shape index (κ2) is 9.23. The number of nitriles is 1. The zero-order chi connectivity index (χ0) is 22.5. The number of anilines is 1. The molecule has 1 saturated heterocycles. The highest BCUT2D eigenvalue weighted by Crippen LogP contribution is 2.27.